The summed E-state index contributed by atoms with van der Waals surface area (Å²) in [5.41, 5.74) is 0. The summed E-state index contributed by atoms with van der Waals surface area (Å²) in [5.74, 6) is 1.82. The van der Waals surface area contributed by atoms with Gasteiger partial charge in [0, 0.05) is 0 Å². The van der Waals surface area contributed by atoms with Crippen LogP contribution >= 0.6 is 0 Å². The predicted molar refractivity (Wildman–Crippen MR) is 94.1 cm³/mol. The van der Waals surface area contributed by atoms with E-state index in [0.717, 1.165) is 25.7 Å². The molecule has 0 rings (SSSR count). The Labute approximate surface area is 131 Å². The van der Waals surface area contributed by atoms with Gasteiger partial charge in [-0.15, -0.1) is 0 Å². The highest BCUT2D eigenvalue weighted by atomic mass is 16.1. The number of allylic oxidation sites excluding steroid dienone is 7. The zero-order valence-corrected chi connectivity index (χ0v) is 13.7. The Morgan fingerprint density at radius 3 is 1.81 bits per heavy atom. The fourth-order valence-electron chi connectivity index (χ4n) is 2.06. The van der Waals surface area contributed by atoms with E-state index in [1.165, 1.54) is 44.9 Å². The van der Waals surface area contributed by atoms with E-state index in [0.29, 0.717) is 0 Å². The molecule has 0 unspecified atom stereocenters. The van der Waals surface area contributed by atoms with E-state index in [1.807, 2.05) is 5.94 Å². The van der Waals surface area contributed by atoms with E-state index >= 15 is 0 Å². The second-order valence-electron chi connectivity index (χ2n) is 5.30. The maximum atomic E-state index is 9.97. The minimum atomic E-state index is 0.884. The van der Waals surface area contributed by atoms with E-state index in [-0.39, 0.29) is 0 Å². The highest BCUT2D eigenvalue weighted by Crippen LogP contribution is 2.06. The summed E-state index contributed by atoms with van der Waals surface area (Å²) in [4.78, 5) is 9.97. The summed E-state index contributed by atoms with van der Waals surface area (Å²) in [6.07, 6.45) is 28.0. The highest BCUT2D eigenvalue weighted by Gasteiger charge is 1.87. The summed E-state index contributed by atoms with van der Waals surface area (Å²) in [5, 5.41) is 0. The summed E-state index contributed by atoms with van der Waals surface area (Å²) < 4.78 is 0. The molecule has 0 aliphatic carbocycles. The van der Waals surface area contributed by atoms with Crippen molar-refractivity contribution < 1.29 is 4.79 Å². The van der Waals surface area contributed by atoms with Gasteiger partial charge in [0.2, 0.25) is 0 Å². The molecule has 0 heterocycles. The van der Waals surface area contributed by atoms with Crippen molar-refractivity contribution in [1.29, 1.82) is 0 Å². The molecule has 118 valence electrons. The molecule has 0 radical (unpaired) electrons. The van der Waals surface area contributed by atoms with Crippen LogP contribution in [0.3, 0.4) is 0 Å². The van der Waals surface area contributed by atoms with Crippen LogP contribution in [-0.2, 0) is 4.79 Å². The van der Waals surface area contributed by atoms with Crippen molar-refractivity contribution in [3.8, 4) is 0 Å². The Hall–Kier alpha value is -1.33. The van der Waals surface area contributed by atoms with Crippen molar-refractivity contribution in [2.75, 3.05) is 0 Å². The molecule has 0 aromatic rings. The molecule has 0 aliphatic rings. The zero-order valence-electron chi connectivity index (χ0n) is 13.7. The summed E-state index contributed by atoms with van der Waals surface area (Å²) in [6, 6.07) is 0. The third kappa shape index (κ3) is 18.7. The largest absolute Gasteiger partial charge is 0.234 e. The molecule has 0 fully saturated rings. The molecular formula is C20H32O. The minimum Gasteiger partial charge on any atom is -0.234 e. The van der Waals surface area contributed by atoms with Crippen molar-refractivity contribution in [1.82, 2.24) is 0 Å². The molecule has 1 nitrogen and oxygen atoms in total. The number of hydrogen-bond donors (Lipinski definition) is 0. The molecule has 0 N–H and O–H groups in total. The SMILES string of the molecule is CC/C=C/C/C=C/CCCC/C=C/CCCCCC=C=O. The number of hydrogen-bond acceptors (Lipinski definition) is 1. The first-order valence-corrected chi connectivity index (χ1v) is 8.56. The van der Waals surface area contributed by atoms with E-state index < -0.39 is 0 Å². The van der Waals surface area contributed by atoms with Crippen molar-refractivity contribution in [3.63, 3.8) is 0 Å². The quantitative estimate of drug-likeness (QED) is 0.207. The molecule has 0 bridgehead atoms. The standard InChI is InChI=1S/C20H32O/c1-2-3-4-5-6-7-8-9-10-11-12-13-14-15-16-17-18-19-20-21/h3-4,6-7,12-13,19H,2,5,8-11,14-18H2,1H3/b4-3+,7-6+,13-12+. The van der Waals surface area contributed by atoms with Crippen LogP contribution in [0.4, 0.5) is 0 Å². The molecule has 0 saturated heterocycles. The van der Waals surface area contributed by atoms with E-state index in [4.69, 9.17) is 0 Å². The van der Waals surface area contributed by atoms with Gasteiger partial charge in [-0.3, -0.25) is 0 Å². The Bertz CT molecular complexity index is 330. The van der Waals surface area contributed by atoms with Crippen molar-refractivity contribution >= 4 is 5.94 Å². The summed E-state index contributed by atoms with van der Waals surface area (Å²) in [6.45, 7) is 2.17. The van der Waals surface area contributed by atoms with Crippen molar-refractivity contribution in [2.45, 2.75) is 77.6 Å². The molecule has 0 aromatic heterocycles. The average Bonchev–Trinajstić information content (AvgIpc) is 2.50. The first-order valence-electron chi connectivity index (χ1n) is 8.56. The van der Waals surface area contributed by atoms with Gasteiger partial charge in [0.05, 0.1) is 0 Å². The fraction of sp³-hybridized carbons (Fsp3) is 0.600. The second-order valence-corrected chi connectivity index (χ2v) is 5.30. The van der Waals surface area contributed by atoms with E-state index in [9.17, 15) is 4.79 Å². The van der Waals surface area contributed by atoms with Gasteiger partial charge in [0.15, 0.2) is 0 Å². The van der Waals surface area contributed by atoms with Gasteiger partial charge in [-0.1, -0.05) is 49.8 Å². The molecule has 0 spiro atoms. The van der Waals surface area contributed by atoms with Crippen LogP contribution in [0.25, 0.3) is 0 Å². The van der Waals surface area contributed by atoms with Crippen LogP contribution in [0.1, 0.15) is 77.6 Å². The molecule has 0 atom stereocenters. The molecular weight excluding hydrogens is 256 g/mol. The maximum Gasteiger partial charge on any atom is 0.120 e. The Balaban J connectivity index is 3.21. The third-order valence-electron chi connectivity index (χ3n) is 3.30. The van der Waals surface area contributed by atoms with Crippen molar-refractivity contribution in [3.05, 3.63) is 42.5 Å². The lowest BCUT2D eigenvalue weighted by atomic mass is 10.1. The fourth-order valence-corrected chi connectivity index (χ4v) is 2.06. The maximum absolute atomic E-state index is 9.97. The highest BCUT2D eigenvalue weighted by molar-refractivity contribution is 5.44. The first kappa shape index (κ1) is 19.7. The molecule has 0 amide bonds. The molecule has 0 aromatic carbocycles. The monoisotopic (exact) mass is 288 g/mol. The van der Waals surface area contributed by atoms with Crippen LogP contribution in [0.2, 0.25) is 0 Å². The lowest BCUT2D eigenvalue weighted by molar-refractivity contribution is 0.567. The Morgan fingerprint density at radius 1 is 0.667 bits per heavy atom. The number of rotatable bonds is 14. The Morgan fingerprint density at radius 2 is 1.19 bits per heavy atom. The lowest BCUT2D eigenvalue weighted by Crippen LogP contribution is -1.76. The average molecular weight is 288 g/mol. The predicted octanol–water partition coefficient (Wildman–Crippen LogP) is 6.35. The van der Waals surface area contributed by atoms with Gasteiger partial charge in [0.25, 0.3) is 0 Å². The van der Waals surface area contributed by atoms with Gasteiger partial charge in [-0.05, 0) is 70.3 Å². The summed E-state index contributed by atoms with van der Waals surface area (Å²) >= 11 is 0. The van der Waals surface area contributed by atoms with Crippen LogP contribution < -0.4 is 0 Å². The lowest BCUT2D eigenvalue weighted by Gasteiger charge is -1.95. The second kappa shape index (κ2) is 18.7. The number of carbonyl (C=O) groups excluding carboxylic acids is 1. The van der Waals surface area contributed by atoms with Crippen molar-refractivity contribution in [2.24, 2.45) is 0 Å². The van der Waals surface area contributed by atoms with Gasteiger partial charge in [-0.2, -0.15) is 0 Å². The zero-order chi connectivity index (χ0) is 15.4. The van der Waals surface area contributed by atoms with Gasteiger partial charge in [0.1, 0.15) is 5.94 Å². The molecule has 1 heteroatoms. The topological polar surface area (TPSA) is 17.1 Å². The van der Waals surface area contributed by atoms with E-state index in [2.05, 4.69) is 43.4 Å². The number of unbranched alkanes of at least 4 members (excludes halogenated alkanes) is 7. The first-order chi connectivity index (χ1) is 10.4. The smallest absolute Gasteiger partial charge is 0.120 e. The minimum absolute atomic E-state index is 0.884. The molecule has 0 saturated carbocycles. The molecule has 0 aliphatic heterocycles. The Kier molecular flexibility index (Phi) is 17.5. The third-order valence-corrected chi connectivity index (χ3v) is 3.30. The van der Waals surface area contributed by atoms with Crippen LogP contribution in [0, 0.1) is 0 Å². The molecule has 21 heavy (non-hydrogen) atoms. The summed E-state index contributed by atoms with van der Waals surface area (Å²) in [7, 11) is 0. The van der Waals surface area contributed by atoms with Crippen LogP contribution in [0.5, 0.6) is 0 Å². The van der Waals surface area contributed by atoms with Gasteiger partial charge in [-0.25, -0.2) is 4.79 Å². The van der Waals surface area contributed by atoms with Gasteiger partial charge >= 0.3 is 0 Å². The van der Waals surface area contributed by atoms with Gasteiger partial charge < -0.3 is 0 Å². The van der Waals surface area contributed by atoms with Crippen LogP contribution in [0.15, 0.2) is 42.5 Å². The van der Waals surface area contributed by atoms with E-state index in [1.54, 1.807) is 6.08 Å². The normalized spacial score (nSPS) is 11.7. The van der Waals surface area contributed by atoms with Crippen LogP contribution in [-0.4, -0.2) is 5.94 Å².